The summed E-state index contributed by atoms with van der Waals surface area (Å²) in [4.78, 5) is 42.4. The number of anilines is 1. The Morgan fingerprint density at radius 3 is 2.16 bits per heavy atom. The molecule has 2 aromatic carbocycles. The first kappa shape index (κ1) is 25.1. The monoisotopic (exact) mass is 505 g/mol. The Hall–Kier alpha value is -3.55. The number of carbonyl (C=O) groups excluding carboxylic acids is 2. The summed E-state index contributed by atoms with van der Waals surface area (Å²) in [6, 6.07) is 18.1. The third kappa shape index (κ3) is 5.73. The predicted molar refractivity (Wildman–Crippen MR) is 139 cm³/mol. The second-order valence-corrected chi connectivity index (χ2v) is 10.4. The first-order chi connectivity index (χ1) is 18.0. The van der Waals surface area contributed by atoms with Crippen LogP contribution in [0.25, 0.3) is 0 Å². The molecule has 8 heteroatoms. The number of aliphatic carboxylic acids is 1. The van der Waals surface area contributed by atoms with Gasteiger partial charge < -0.3 is 19.6 Å². The van der Waals surface area contributed by atoms with Crippen molar-refractivity contribution in [3.63, 3.8) is 0 Å². The number of likely N-dealkylation sites (tertiary alicyclic amines) is 1. The number of carboxylic acid groups (broad SMARTS) is 1. The van der Waals surface area contributed by atoms with E-state index in [1.807, 2.05) is 52.3 Å². The molecule has 0 aromatic heterocycles. The van der Waals surface area contributed by atoms with Crippen molar-refractivity contribution in [2.75, 3.05) is 31.1 Å². The van der Waals surface area contributed by atoms with Crippen LogP contribution in [0, 0.1) is 5.92 Å². The van der Waals surface area contributed by atoms with E-state index in [1.165, 1.54) is 5.56 Å². The predicted octanol–water partition coefficient (Wildman–Crippen LogP) is 5.09. The van der Waals surface area contributed by atoms with Gasteiger partial charge in [-0.15, -0.1) is 0 Å². The second kappa shape index (κ2) is 11.2. The second-order valence-electron chi connectivity index (χ2n) is 10.4. The van der Waals surface area contributed by atoms with Crippen molar-refractivity contribution in [1.29, 1.82) is 0 Å². The molecule has 1 saturated carbocycles. The molecule has 0 radical (unpaired) electrons. The van der Waals surface area contributed by atoms with Crippen molar-refractivity contribution in [1.82, 2.24) is 9.80 Å². The average molecular weight is 506 g/mol. The van der Waals surface area contributed by atoms with Crippen LogP contribution in [0.1, 0.15) is 55.6 Å². The SMILES string of the molecule is O=C(OCc1ccccc1)N1CCC(c2ccc(N3CCN([C@H]4CC[C@H](C(=O)O)CC4)C3=O)cc2)CC1. The Balaban J connectivity index is 1.10. The number of rotatable bonds is 6. The lowest BCUT2D eigenvalue weighted by Crippen LogP contribution is -2.42. The summed E-state index contributed by atoms with van der Waals surface area (Å²) in [7, 11) is 0. The molecule has 3 aliphatic rings. The highest BCUT2D eigenvalue weighted by Gasteiger charge is 2.37. The van der Waals surface area contributed by atoms with E-state index in [1.54, 1.807) is 4.90 Å². The molecule has 196 valence electrons. The van der Waals surface area contributed by atoms with Gasteiger partial charge in [0, 0.05) is 37.9 Å². The first-order valence-electron chi connectivity index (χ1n) is 13.4. The summed E-state index contributed by atoms with van der Waals surface area (Å²) in [5.74, 6) is -0.617. The van der Waals surface area contributed by atoms with E-state index >= 15 is 0 Å². The van der Waals surface area contributed by atoms with E-state index in [0.717, 1.165) is 36.9 Å². The van der Waals surface area contributed by atoms with Crippen LogP contribution in [0.3, 0.4) is 0 Å². The summed E-state index contributed by atoms with van der Waals surface area (Å²) in [6.45, 7) is 2.97. The molecule has 1 aliphatic carbocycles. The molecule has 0 unspecified atom stereocenters. The van der Waals surface area contributed by atoms with Gasteiger partial charge in [0.2, 0.25) is 0 Å². The smallest absolute Gasteiger partial charge is 0.410 e. The molecule has 0 bridgehead atoms. The third-order valence-electron chi connectivity index (χ3n) is 8.16. The number of carboxylic acids is 1. The molecule has 2 heterocycles. The fourth-order valence-electron chi connectivity index (χ4n) is 5.90. The normalized spacial score (nSPS) is 22.8. The van der Waals surface area contributed by atoms with Gasteiger partial charge in [0.1, 0.15) is 6.61 Å². The number of amides is 3. The van der Waals surface area contributed by atoms with Gasteiger partial charge in [-0.1, -0.05) is 42.5 Å². The highest BCUT2D eigenvalue weighted by atomic mass is 16.6. The van der Waals surface area contributed by atoms with Gasteiger partial charge in [0.15, 0.2) is 0 Å². The van der Waals surface area contributed by atoms with Gasteiger partial charge >= 0.3 is 18.1 Å². The van der Waals surface area contributed by atoms with Crippen LogP contribution in [0.4, 0.5) is 15.3 Å². The number of nitrogens with zero attached hydrogens (tertiary/aromatic N) is 3. The largest absolute Gasteiger partial charge is 0.481 e. The van der Waals surface area contributed by atoms with E-state index in [4.69, 9.17) is 4.74 Å². The molecule has 5 rings (SSSR count). The van der Waals surface area contributed by atoms with E-state index in [0.29, 0.717) is 44.9 Å². The van der Waals surface area contributed by atoms with Crippen LogP contribution in [0.2, 0.25) is 0 Å². The number of hydrogen-bond acceptors (Lipinski definition) is 4. The summed E-state index contributed by atoms with van der Waals surface area (Å²) in [5.41, 5.74) is 3.12. The van der Waals surface area contributed by atoms with Crippen LogP contribution in [-0.2, 0) is 16.1 Å². The Morgan fingerprint density at radius 2 is 1.51 bits per heavy atom. The fraction of sp³-hybridized carbons (Fsp3) is 0.483. The quantitative estimate of drug-likeness (QED) is 0.591. The molecular weight excluding hydrogens is 470 g/mol. The van der Waals surface area contributed by atoms with Crippen molar-refractivity contribution in [2.45, 2.75) is 57.1 Å². The summed E-state index contributed by atoms with van der Waals surface area (Å²) < 4.78 is 5.48. The minimum Gasteiger partial charge on any atom is -0.481 e. The van der Waals surface area contributed by atoms with E-state index in [-0.39, 0.29) is 30.7 Å². The molecule has 3 fully saturated rings. The van der Waals surface area contributed by atoms with Gasteiger partial charge in [0.05, 0.1) is 5.92 Å². The zero-order chi connectivity index (χ0) is 25.8. The van der Waals surface area contributed by atoms with Crippen LogP contribution in [0.15, 0.2) is 54.6 Å². The Labute approximate surface area is 217 Å². The Kier molecular flexibility index (Phi) is 7.63. The number of hydrogen-bond donors (Lipinski definition) is 1. The lowest BCUT2D eigenvalue weighted by atomic mass is 9.85. The maximum absolute atomic E-state index is 13.1. The van der Waals surface area contributed by atoms with Gasteiger partial charge in [-0.3, -0.25) is 9.69 Å². The lowest BCUT2D eigenvalue weighted by molar-refractivity contribution is -0.143. The van der Waals surface area contributed by atoms with Crippen molar-refractivity contribution in [3.8, 4) is 0 Å². The Morgan fingerprint density at radius 1 is 0.838 bits per heavy atom. The molecule has 2 aromatic rings. The van der Waals surface area contributed by atoms with Crippen LogP contribution in [0.5, 0.6) is 0 Å². The zero-order valence-corrected chi connectivity index (χ0v) is 21.1. The van der Waals surface area contributed by atoms with Gasteiger partial charge in [0.25, 0.3) is 0 Å². The number of piperidine rings is 1. The Bertz CT molecular complexity index is 1090. The van der Waals surface area contributed by atoms with E-state index in [2.05, 4.69) is 12.1 Å². The number of ether oxygens (including phenoxy) is 1. The molecule has 8 nitrogen and oxygen atoms in total. The molecule has 0 spiro atoms. The topological polar surface area (TPSA) is 90.4 Å². The standard InChI is InChI=1S/C29H35N3O5/c33-27(34)24-8-12-26(13-9-24)32-19-18-31(28(32)35)25-10-6-22(7-11-25)23-14-16-30(17-15-23)29(36)37-20-21-4-2-1-3-5-21/h1-7,10-11,23-24,26H,8-9,12-20H2,(H,33,34)/t24-,26-. The number of carbonyl (C=O) groups is 3. The zero-order valence-electron chi connectivity index (χ0n) is 21.1. The van der Waals surface area contributed by atoms with Crippen LogP contribution in [-0.4, -0.2) is 65.2 Å². The minimum absolute atomic E-state index is 0.0221. The van der Waals surface area contributed by atoms with Gasteiger partial charge in [-0.2, -0.15) is 0 Å². The maximum atomic E-state index is 13.1. The van der Waals surface area contributed by atoms with Crippen molar-refractivity contribution in [3.05, 3.63) is 65.7 Å². The number of benzene rings is 2. The third-order valence-corrected chi connectivity index (χ3v) is 8.16. The molecule has 0 atom stereocenters. The fourth-order valence-corrected chi connectivity index (χ4v) is 5.90. The lowest BCUT2D eigenvalue weighted by Gasteiger charge is -2.33. The van der Waals surface area contributed by atoms with Gasteiger partial charge in [-0.25, -0.2) is 9.59 Å². The van der Waals surface area contributed by atoms with Gasteiger partial charge in [-0.05, 0) is 67.7 Å². The molecule has 2 aliphatic heterocycles. The minimum atomic E-state index is -0.721. The summed E-state index contributed by atoms with van der Waals surface area (Å²) in [5, 5.41) is 9.24. The average Bonchev–Trinajstić information content (AvgIpc) is 3.33. The highest BCUT2D eigenvalue weighted by Crippen LogP contribution is 2.33. The molecule has 1 N–H and O–H groups in total. The van der Waals surface area contributed by atoms with Crippen LogP contribution < -0.4 is 4.90 Å². The first-order valence-corrected chi connectivity index (χ1v) is 13.4. The van der Waals surface area contributed by atoms with E-state index in [9.17, 15) is 19.5 Å². The van der Waals surface area contributed by atoms with Crippen molar-refractivity contribution < 1.29 is 24.2 Å². The summed E-state index contributed by atoms with van der Waals surface area (Å²) in [6.07, 6.45) is 4.31. The summed E-state index contributed by atoms with van der Waals surface area (Å²) >= 11 is 0. The molecule has 37 heavy (non-hydrogen) atoms. The maximum Gasteiger partial charge on any atom is 0.410 e. The molecule has 3 amide bonds. The number of urea groups is 1. The van der Waals surface area contributed by atoms with Crippen molar-refractivity contribution in [2.24, 2.45) is 5.92 Å². The van der Waals surface area contributed by atoms with Crippen molar-refractivity contribution >= 4 is 23.8 Å². The molecule has 2 saturated heterocycles. The highest BCUT2D eigenvalue weighted by molar-refractivity contribution is 5.94. The van der Waals surface area contributed by atoms with Crippen LogP contribution >= 0.6 is 0 Å². The molecular formula is C29H35N3O5. The van der Waals surface area contributed by atoms with E-state index < -0.39 is 5.97 Å².